The fourth-order valence-electron chi connectivity index (χ4n) is 2.09. The van der Waals surface area contributed by atoms with Gasteiger partial charge in [-0.25, -0.2) is 0 Å². The van der Waals surface area contributed by atoms with Gasteiger partial charge in [0.2, 0.25) is 5.78 Å². The second-order valence-electron chi connectivity index (χ2n) is 5.08. The van der Waals surface area contributed by atoms with Crippen molar-refractivity contribution in [1.82, 2.24) is 0 Å². The lowest BCUT2D eigenvalue weighted by atomic mass is 9.99. The van der Waals surface area contributed by atoms with E-state index in [2.05, 4.69) is 0 Å². The standard InChI is InChI=1S/C17H14F2OS/c18-17(19,16(20)12-6-2-1-3-7-12)14-8-4-5-9-15(14)21-13-10-11-13/h1-9,13H,10-11H2. The fourth-order valence-corrected chi connectivity index (χ4v) is 3.30. The van der Waals surface area contributed by atoms with Crippen molar-refractivity contribution in [3.63, 3.8) is 0 Å². The van der Waals surface area contributed by atoms with Crippen LogP contribution in [-0.4, -0.2) is 11.0 Å². The van der Waals surface area contributed by atoms with Gasteiger partial charge in [-0.1, -0.05) is 48.5 Å². The molecule has 4 heteroatoms. The second-order valence-corrected chi connectivity index (χ2v) is 6.43. The van der Waals surface area contributed by atoms with Crippen LogP contribution in [0.1, 0.15) is 28.8 Å². The van der Waals surface area contributed by atoms with E-state index in [4.69, 9.17) is 0 Å². The summed E-state index contributed by atoms with van der Waals surface area (Å²) in [4.78, 5) is 12.7. The SMILES string of the molecule is O=C(c1ccccc1)C(F)(F)c1ccccc1SC1CC1. The third kappa shape index (κ3) is 3.00. The van der Waals surface area contributed by atoms with Gasteiger partial charge in [0, 0.05) is 21.3 Å². The predicted molar refractivity (Wildman–Crippen MR) is 80.0 cm³/mol. The van der Waals surface area contributed by atoms with E-state index in [0.717, 1.165) is 12.8 Å². The number of benzene rings is 2. The Morgan fingerprint density at radius 2 is 1.62 bits per heavy atom. The minimum absolute atomic E-state index is 0.0359. The third-order valence-corrected chi connectivity index (χ3v) is 4.78. The van der Waals surface area contributed by atoms with E-state index in [-0.39, 0.29) is 11.1 Å². The zero-order valence-corrected chi connectivity index (χ0v) is 12.1. The molecular weight excluding hydrogens is 290 g/mol. The van der Waals surface area contributed by atoms with Crippen molar-refractivity contribution < 1.29 is 13.6 Å². The summed E-state index contributed by atoms with van der Waals surface area (Å²) in [5.74, 6) is -4.65. The van der Waals surface area contributed by atoms with E-state index in [1.54, 1.807) is 36.4 Å². The van der Waals surface area contributed by atoms with Gasteiger partial charge in [0.15, 0.2) is 0 Å². The first-order valence-corrected chi connectivity index (χ1v) is 7.71. The Balaban J connectivity index is 1.95. The van der Waals surface area contributed by atoms with Gasteiger partial charge in [-0.15, -0.1) is 11.8 Å². The Bertz CT molecular complexity index is 651. The van der Waals surface area contributed by atoms with Crippen LogP contribution < -0.4 is 0 Å². The molecule has 0 unspecified atom stereocenters. The van der Waals surface area contributed by atoms with E-state index in [1.165, 1.54) is 30.0 Å². The zero-order valence-electron chi connectivity index (χ0n) is 11.3. The highest BCUT2D eigenvalue weighted by atomic mass is 32.2. The first kappa shape index (κ1) is 14.3. The molecule has 1 nitrogen and oxygen atoms in total. The number of rotatable bonds is 5. The maximum atomic E-state index is 14.6. The van der Waals surface area contributed by atoms with Gasteiger partial charge in [-0.2, -0.15) is 8.78 Å². The molecule has 0 aliphatic heterocycles. The molecule has 2 aromatic rings. The van der Waals surface area contributed by atoms with Crippen LogP contribution in [0.4, 0.5) is 8.78 Å². The molecule has 0 bridgehead atoms. The Morgan fingerprint density at radius 1 is 1.00 bits per heavy atom. The topological polar surface area (TPSA) is 17.1 Å². The lowest BCUT2D eigenvalue weighted by Crippen LogP contribution is -2.26. The largest absolute Gasteiger partial charge is 0.336 e. The van der Waals surface area contributed by atoms with Crippen LogP contribution in [0.5, 0.6) is 0 Å². The van der Waals surface area contributed by atoms with Crippen LogP contribution in [0.15, 0.2) is 59.5 Å². The molecule has 0 radical (unpaired) electrons. The van der Waals surface area contributed by atoms with Gasteiger partial charge in [-0.05, 0) is 18.9 Å². The first-order valence-electron chi connectivity index (χ1n) is 6.83. The number of alkyl halides is 2. The lowest BCUT2D eigenvalue weighted by molar-refractivity contribution is 0.00578. The van der Waals surface area contributed by atoms with Crippen LogP contribution in [0, 0.1) is 0 Å². The van der Waals surface area contributed by atoms with Crippen molar-refractivity contribution in [3.8, 4) is 0 Å². The quantitative estimate of drug-likeness (QED) is 0.730. The maximum Gasteiger partial charge on any atom is 0.336 e. The molecule has 2 aromatic carbocycles. The maximum absolute atomic E-state index is 14.6. The zero-order chi connectivity index (χ0) is 14.9. The fraction of sp³-hybridized carbons (Fsp3) is 0.235. The van der Waals surface area contributed by atoms with E-state index in [1.807, 2.05) is 0 Å². The summed E-state index contributed by atoms with van der Waals surface area (Å²) in [6, 6.07) is 14.0. The predicted octanol–water partition coefficient (Wildman–Crippen LogP) is 4.92. The molecule has 0 N–H and O–H groups in total. The molecule has 0 aromatic heterocycles. The molecule has 1 saturated carbocycles. The third-order valence-electron chi connectivity index (χ3n) is 3.36. The molecule has 0 saturated heterocycles. The molecule has 1 aliphatic rings. The Labute approximate surface area is 126 Å². The monoisotopic (exact) mass is 304 g/mol. The Kier molecular flexibility index (Phi) is 3.81. The van der Waals surface area contributed by atoms with Crippen LogP contribution in [0.3, 0.4) is 0 Å². The summed E-state index contributed by atoms with van der Waals surface area (Å²) in [5.41, 5.74) is -0.149. The molecule has 3 rings (SSSR count). The highest BCUT2D eigenvalue weighted by molar-refractivity contribution is 8.00. The number of hydrogen-bond acceptors (Lipinski definition) is 2. The van der Waals surface area contributed by atoms with Crippen LogP contribution >= 0.6 is 11.8 Å². The van der Waals surface area contributed by atoms with Gasteiger partial charge in [0.1, 0.15) is 0 Å². The molecule has 0 spiro atoms. The van der Waals surface area contributed by atoms with Crippen LogP contribution in [0.25, 0.3) is 0 Å². The van der Waals surface area contributed by atoms with Gasteiger partial charge >= 0.3 is 5.92 Å². The minimum Gasteiger partial charge on any atom is -0.287 e. The van der Waals surface area contributed by atoms with Gasteiger partial charge in [0.05, 0.1) is 0 Å². The molecule has 0 amide bonds. The summed E-state index contributed by atoms with van der Waals surface area (Å²) in [6.07, 6.45) is 2.11. The first-order chi connectivity index (χ1) is 10.1. The summed E-state index contributed by atoms with van der Waals surface area (Å²) in [6.45, 7) is 0. The second kappa shape index (κ2) is 5.60. The van der Waals surface area contributed by atoms with E-state index >= 15 is 0 Å². The van der Waals surface area contributed by atoms with Crippen LogP contribution in [0.2, 0.25) is 0 Å². The summed E-state index contributed by atoms with van der Waals surface area (Å²) in [5, 5.41) is 0.411. The molecule has 1 fully saturated rings. The number of Topliss-reactive ketones (excluding diaryl/α,β-unsaturated/α-hetero) is 1. The van der Waals surface area contributed by atoms with Gasteiger partial charge in [-0.3, -0.25) is 4.79 Å². The van der Waals surface area contributed by atoms with Crippen molar-refractivity contribution in [1.29, 1.82) is 0 Å². The summed E-state index contributed by atoms with van der Waals surface area (Å²) in [7, 11) is 0. The Hall–Kier alpha value is -1.68. The summed E-state index contributed by atoms with van der Waals surface area (Å²) >= 11 is 1.44. The lowest BCUT2D eigenvalue weighted by Gasteiger charge is -2.18. The average molecular weight is 304 g/mol. The number of ketones is 1. The average Bonchev–Trinajstić information content (AvgIpc) is 3.32. The van der Waals surface area contributed by atoms with Crippen molar-refractivity contribution in [2.24, 2.45) is 0 Å². The van der Waals surface area contributed by atoms with Gasteiger partial charge < -0.3 is 0 Å². The minimum atomic E-state index is -3.50. The van der Waals surface area contributed by atoms with Gasteiger partial charge in [0.25, 0.3) is 0 Å². The molecule has 0 atom stereocenters. The number of hydrogen-bond donors (Lipinski definition) is 0. The number of thioether (sulfide) groups is 1. The number of carbonyl (C=O) groups excluding carboxylic acids is 1. The van der Waals surface area contributed by atoms with Crippen molar-refractivity contribution in [3.05, 3.63) is 65.7 Å². The number of halogens is 2. The van der Waals surface area contributed by atoms with E-state index < -0.39 is 11.7 Å². The van der Waals surface area contributed by atoms with Crippen LogP contribution in [-0.2, 0) is 5.92 Å². The van der Waals surface area contributed by atoms with Crippen molar-refractivity contribution in [2.45, 2.75) is 28.9 Å². The van der Waals surface area contributed by atoms with E-state index in [9.17, 15) is 13.6 Å². The molecular formula is C17H14F2OS. The Morgan fingerprint density at radius 3 is 2.29 bits per heavy atom. The van der Waals surface area contributed by atoms with E-state index in [0.29, 0.717) is 10.1 Å². The molecule has 1 aliphatic carbocycles. The van der Waals surface area contributed by atoms with Crippen molar-refractivity contribution >= 4 is 17.5 Å². The molecule has 108 valence electrons. The number of carbonyl (C=O) groups is 1. The highest BCUT2D eigenvalue weighted by Gasteiger charge is 2.43. The highest BCUT2D eigenvalue weighted by Crippen LogP contribution is 2.44. The van der Waals surface area contributed by atoms with Crippen molar-refractivity contribution in [2.75, 3.05) is 0 Å². The normalized spacial score (nSPS) is 15.0. The smallest absolute Gasteiger partial charge is 0.287 e. The molecule has 0 heterocycles. The molecule has 21 heavy (non-hydrogen) atoms. The summed E-state index contributed by atoms with van der Waals surface area (Å²) < 4.78 is 29.2.